The van der Waals surface area contributed by atoms with Gasteiger partial charge < -0.3 is 9.73 Å². The first-order valence-corrected chi connectivity index (χ1v) is 6.17. The number of oxazole rings is 1. The normalized spacial score (nSPS) is 21.7. The van der Waals surface area contributed by atoms with Gasteiger partial charge in [0.15, 0.2) is 11.7 Å². The molecule has 1 aromatic heterocycles. The molecule has 0 saturated heterocycles. The Kier molecular flexibility index (Phi) is 2.24. The Morgan fingerprint density at radius 3 is 2.83 bits per heavy atom. The maximum atomic E-state index is 11.9. The van der Waals surface area contributed by atoms with Crippen molar-refractivity contribution in [2.24, 2.45) is 5.41 Å². The highest BCUT2D eigenvalue weighted by molar-refractivity contribution is 5.92. The van der Waals surface area contributed by atoms with Crippen molar-refractivity contribution < 1.29 is 9.21 Å². The number of allylic oxidation sites excluding steroid dienone is 2. The third kappa shape index (κ3) is 1.52. The Morgan fingerprint density at radius 2 is 2.17 bits per heavy atom. The van der Waals surface area contributed by atoms with E-state index in [0.717, 1.165) is 29.9 Å². The van der Waals surface area contributed by atoms with Gasteiger partial charge in [0, 0.05) is 12.6 Å². The highest BCUT2D eigenvalue weighted by Crippen LogP contribution is 2.42. The molecular weight excluding hydrogens is 228 g/mol. The van der Waals surface area contributed by atoms with Gasteiger partial charge in [0.05, 0.1) is 11.6 Å². The minimum absolute atomic E-state index is 0.0822. The van der Waals surface area contributed by atoms with Crippen molar-refractivity contribution in [1.82, 2.24) is 10.3 Å². The van der Waals surface area contributed by atoms with E-state index in [4.69, 9.17) is 4.42 Å². The number of rotatable bonds is 1. The molecule has 2 heterocycles. The molecule has 0 fully saturated rings. The van der Waals surface area contributed by atoms with E-state index in [9.17, 15) is 4.79 Å². The predicted molar refractivity (Wildman–Crippen MR) is 67.4 cm³/mol. The van der Waals surface area contributed by atoms with E-state index >= 15 is 0 Å². The van der Waals surface area contributed by atoms with E-state index in [-0.39, 0.29) is 11.3 Å². The van der Waals surface area contributed by atoms with Gasteiger partial charge in [0.1, 0.15) is 0 Å². The van der Waals surface area contributed by atoms with E-state index in [2.05, 4.69) is 10.3 Å². The molecule has 1 aromatic rings. The Balaban J connectivity index is 2.00. The van der Waals surface area contributed by atoms with Crippen molar-refractivity contribution in [1.29, 1.82) is 0 Å². The number of hydrogen-bond donors (Lipinski definition) is 1. The first-order valence-electron chi connectivity index (χ1n) is 6.17. The fourth-order valence-corrected chi connectivity index (χ4v) is 2.61. The number of carbonyl (C=O) groups is 1. The summed E-state index contributed by atoms with van der Waals surface area (Å²) in [4.78, 5) is 16.0. The second-order valence-electron chi connectivity index (χ2n) is 5.38. The Labute approximate surface area is 106 Å². The molecule has 0 radical (unpaired) electrons. The first kappa shape index (κ1) is 11.3. The molecule has 3 rings (SSSR count). The lowest BCUT2D eigenvalue weighted by Gasteiger charge is -2.21. The van der Waals surface area contributed by atoms with Gasteiger partial charge in [-0.2, -0.15) is 0 Å². The summed E-state index contributed by atoms with van der Waals surface area (Å²) < 4.78 is 5.54. The monoisotopic (exact) mass is 244 g/mol. The lowest BCUT2D eigenvalue weighted by atomic mass is 9.80. The van der Waals surface area contributed by atoms with Crippen LogP contribution in [0.1, 0.15) is 38.3 Å². The summed E-state index contributed by atoms with van der Waals surface area (Å²) in [5, 5.41) is 2.95. The van der Waals surface area contributed by atoms with Crippen molar-refractivity contribution in [3.05, 3.63) is 35.2 Å². The summed E-state index contributed by atoms with van der Waals surface area (Å²) in [5.74, 6) is 1.55. The van der Waals surface area contributed by atoms with Gasteiger partial charge in [-0.25, -0.2) is 4.98 Å². The predicted octanol–water partition coefficient (Wildman–Crippen LogP) is 2.57. The van der Waals surface area contributed by atoms with E-state index in [1.165, 1.54) is 5.57 Å². The van der Waals surface area contributed by atoms with E-state index in [1.807, 2.05) is 26.8 Å². The SMILES string of the molecule is Cc1ncc(C2=CC3=C(CC2)C(C)(C)C(=O)N3)o1. The average molecular weight is 244 g/mol. The molecule has 18 heavy (non-hydrogen) atoms. The van der Waals surface area contributed by atoms with Gasteiger partial charge in [-0.15, -0.1) is 0 Å². The number of nitrogens with zero attached hydrogens (tertiary/aromatic N) is 1. The Hall–Kier alpha value is -1.84. The quantitative estimate of drug-likeness (QED) is 0.826. The molecule has 1 aliphatic heterocycles. The Morgan fingerprint density at radius 1 is 1.39 bits per heavy atom. The lowest BCUT2D eigenvalue weighted by molar-refractivity contribution is -0.125. The van der Waals surface area contributed by atoms with Crippen molar-refractivity contribution in [2.75, 3.05) is 0 Å². The van der Waals surface area contributed by atoms with Gasteiger partial charge in [0.25, 0.3) is 0 Å². The zero-order chi connectivity index (χ0) is 12.9. The van der Waals surface area contributed by atoms with E-state index < -0.39 is 0 Å². The zero-order valence-corrected chi connectivity index (χ0v) is 10.8. The number of aromatic nitrogens is 1. The number of amides is 1. The van der Waals surface area contributed by atoms with Gasteiger partial charge >= 0.3 is 0 Å². The van der Waals surface area contributed by atoms with Gasteiger partial charge in [-0.1, -0.05) is 0 Å². The van der Waals surface area contributed by atoms with Crippen LogP contribution in [-0.2, 0) is 4.79 Å². The molecule has 94 valence electrons. The second-order valence-corrected chi connectivity index (χ2v) is 5.38. The van der Waals surface area contributed by atoms with Gasteiger partial charge in [-0.05, 0) is 43.9 Å². The van der Waals surface area contributed by atoms with Crippen LogP contribution in [0.5, 0.6) is 0 Å². The van der Waals surface area contributed by atoms with Crippen LogP contribution in [0.25, 0.3) is 5.57 Å². The van der Waals surface area contributed by atoms with Crippen LogP contribution in [0.2, 0.25) is 0 Å². The molecule has 1 N–H and O–H groups in total. The molecular formula is C14H16N2O2. The highest BCUT2D eigenvalue weighted by Gasteiger charge is 2.41. The third-order valence-electron chi connectivity index (χ3n) is 3.80. The standard InChI is InChI=1S/C14H16N2O2/c1-8-15-7-12(18-8)9-4-5-10-11(6-9)16-13(17)14(10,2)3/h6-7H,4-5H2,1-3H3,(H,16,17). The maximum Gasteiger partial charge on any atom is 0.234 e. The van der Waals surface area contributed by atoms with Crippen LogP contribution < -0.4 is 5.32 Å². The van der Waals surface area contributed by atoms with Crippen molar-refractivity contribution in [3.63, 3.8) is 0 Å². The van der Waals surface area contributed by atoms with Gasteiger partial charge in [0.2, 0.25) is 5.91 Å². The number of nitrogens with one attached hydrogen (secondary N) is 1. The van der Waals surface area contributed by atoms with Crippen LogP contribution in [0.4, 0.5) is 0 Å². The molecule has 0 unspecified atom stereocenters. The summed E-state index contributed by atoms with van der Waals surface area (Å²) in [6, 6.07) is 0. The molecule has 1 aliphatic carbocycles. The summed E-state index contributed by atoms with van der Waals surface area (Å²) in [6.45, 7) is 5.78. The molecule has 0 atom stereocenters. The molecule has 4 nitrogen and oxygen atoms in total. The number of carbonyl (C=O) groups excluding carboxylic acids is 1. The smallest absolute Gasteiger partial charge is 0.234 e. The third-order valence-corrected chi connectivity index (χ3v) is 3.80. The molecule has 0 aromatic carbocycles. The van der Waals surface area contributed by atoms with Crippen LogP contribution in [-0.4, -0.2) is 10.9 Å². The summed E-state index contributed by atoms with van der Waals surface area (Å²) in [7, 11) is 0. The summed E-state index contributed by atoms with van der Waals surface area (Å²) in [5.41, 5.74) is 2.87. The zero-order valence-electron chi connectivity index (χ0n) is 10.8. The van der Waals surface area contributed by atoms with E-state index in [1.54, 1.807) is 6.20 Å². The minimum Gasteiger partial charge on any atom is -0.441 e. The fourth-order valence-electron chi connectivity index (χ4n) is 2.61. The van der Waals surface area contributed by atoms with Crippen LogP contribution >= 0.6 is 0 Å². The first-order chi connectivity index (χ1) is 8.48. The van der Waals surface area contributed by atoms with Crippen LogP contribution in [0.3, 0.4) is 0 Å². The molecule has 0 saturated carbocycles. The maximum absolute atomic E-state index is 11.9. The molecule has 0 bridgehead atoms. The van der Waals surface area contributed by atoms with Crippen molar-refractivity contribution in [2.45, 2.75) is 33.6 Å². The summed E-state index contributed by atoms with van der Waals surface area (Å²) >= 11 is 0. The van der Waals surface area contributed by atoms with Gasteiger partial charge in [-0.3, -0.25) is 4.79 Å². The summed E-state index contributed by atoms with van der Waals surface area (Å²) in [6.07, 6.45) is 5.55. The molecule has 4 heteroatoms. The Bertz CT molecular complexity index is 591. The minimum atomic E-state index is -0.380. The molecule has 2 aliphatic rings. The lowest BCUT2D eigenvalue weighted by Crippen LogP contribution is -2.28. The molecule has 1 amide bonds. The van der Waals surface area contributed by atoms with Crippen molar-refractivity contribution in [3.8, 4) is 0 Å². The van der Waals surface area contributed by atoms with Crippen LogP contribution in [0, 0.1) is 12.3 Å². The topological polar surface area (TPSA) is 55.1 Å². The average Bonchev–Trinajstić information content (AvgIpc) is 2.83. The fraction of sp³-hybridized carbons (Fsp3) is 0.429. The largest absolute Gasteiger partial charge is 0.441 e. The highest BCUT2D eigenvalue weighted by atomic mass is 16.4. The van der Waals surface area contributed by atoms with E-state index in [0.29, 0.717) is 5.89 Å². The van der Waals surface area contributed by atoms with Crippen LogP contribution in [0.15, 0.2) is 28.0 Å². The van der Waals surface area contributed by atoms with Crippen molar-refractivity contribution >= 4 is 11.5 Å². The molecule has 0 spiro atoms. The number of aryl methyl sites for hydroxylation is 1. The second kappa shape index (κ2) is 3.57. The number of hydrogen-bond acceptors (Lipinski definition) is 3.